The molecule has 1 aromatic carbocycles. The fourth-order valence-electron chi connectivity index (χ4n) is 4.36. The minimum absolute atomic E-state index is 0.0821. The van der Waals surface area contributed by atoms with Crippen molar-refractivity contribution in [3.8, 4) is 0 Å². The summed E-state index contributed by atoms with van der Waals surface area (Å²) in [5.41, 5.74) is 2.22. The Balaban J connectivity index is 1.20. The highest BCUT2D eigenvalue weighted by atomic mass is 35.5. The van der Waals surface area contributed by atoms with Gasteiger partial charge in [-0.1, -0.05) is 17.7 Å². The summed E-state index contributed by atoms with van der Waals surface area (Å²) < 4.78 is 1.92. The van der Waals surface area contributed by atoms with Crippen molar-refractivity contribution in [3.63, 3.8) is 0 Å². The number of carbonyl (C=O) groups excluding carboxylic acids is 3. The molecule has 0 atom stereocenters. The van der Waals surface area contributed by atoms with E-state index in [-0.39, 0.29) is 12.8 Å². The van der Waals surface area contributed by atoms with Crippen LogP contribution in [0.25, 0.3) is 0 Å². The first kappa shape index (κ1) is 21.7. The summed E-state index contributed by atoms with van der Waals surface area (Å²) in [5, 5.41) is 5.51. The fourth-order valence-corrected chi connectivity index (χ4v) is 4.52. The minimum atomic E-state index is -0.664. The molecule has 0 spiro atoms. The highest BCUT2D eigenvalue weighted by molar-refractivity contribution is 6.30. The van der Waals surface area contributed by atoms with Gasteiger partial charge in [0.05, 0.1) is 13.1 Å². The first-order valence-electron chi connectivity index (χ1n) is 10.9. The molecule has 2 fully saturated rings. The fraction of sp³-hybridized carbons (Fsp3) is 0.476. The molecule has 12 heteroatoms. The molecule has 0 radical (unpaired) electrons. The van der Waals surface area contributed by atoms with Crippen LogP contribution in [0.3, 0.4) is 0 Å². The van der Waals surface area contributed by atoms with Gasteiger partial charge in [-0.05, 0) is 17.7 Å². The van der Waals surface area contributed by atoms with Crippen molar-refractivity contribution in [2.24, 2.45) is 0 Å². The topological polar surface area (TPSA) is 104 Å². The first-order valence-corrected chi connectivity index (χ1v) is 11.3. The number of amides is 3. The second-order valence-electron chi connectivity index (χ2n) is 8.30. The van der Waals surface area contributed by atoms with Crippen LogP contribution in [0.4, 0.5) is 10.5 Å². The molecule has 33 heavy (non-hydrogen) atoms. The van der Waals surface area contributed by atoms with Gasteiger partial charge in [-0.15, -0.1) is 5.06 Å². The number of imide groups is 1. The van der Waals surface area contributed by atoms with Gasteiger partial charge in [-0.3, -0.25) is 14.5 Å². The van der Waals surface area contributed by atoms with Gasteiger partial charge in [0.15, 0.2) is 0 Å². The zero-order valence-corrected chi connectivity index (χ0v) is 18.8. The van der Waals surface area contributed by atoms with E-state index in [1.54, 1.807) is 6.33 Å². The van der Waals surface area contributed by atoms with Crippen LogP contribution in [0, 0.1) is 0 Å². The van der Waals surface area contributed by atoms with Crippen molar-refractivity contribution in [2.75, 3.05) is 37.6 Å². The molecule has 2 aromatic rings. The average Bonchev–Trinajstić information content (AvgIpc) is 3.42. The number of hydroxylamine groups is 2. The van der Waals surface area contributed by atoms with E-state index in [1.807, 2.05) is 22.9 Å². The minimum Gasteiger partial charge on any atom is -0.362 e. The summed E-state index contributed by atoms with van der Waals surface area (Å²) >= 11 is 6.32. The van der Waals surface area contributed by atoms with Crippen LogP contribution in [0.15, 0.2) is 24.5 Å². The number of halogens is 1. The molecule has 11 nitrogen and oxygen atoms in total. The number of hydrogen-bond donors (Lipinski definition) is 0. The lowest BCUT2D eigenvalue weighted by Crippen LogP contribution is -2.50. The smallest absolute Gasteiger partial charge is 0.362 e. The number of nitrogens with zero attached hydrogens (tertiary/aromatic N) is 7. The summed E-state index contributed by atoms with van der Waals surface area (Å²) in [7, 11) is 0. The maximum absolute atomic E-state index is 12.4. The van der Waals surface area contributed by atoms with E-state index in [2.05, 4.69) is 19.9 Å². The highest BCUT2D eigenvalue weighted by Gasteiger charge is 2.35. The van der Waals surface area contributed by atoms with Gasteiger partial charge in [0.2, 0.25) is 0 Å². The van der Waals surface area contributed by atoms with Crippen LogP contribution in [0.5, 0.6) is 0 Å². The molecule has 3 aliphatic rings. The number of anilines is 1. The van der Waals surface area contributed by atoms with Crippen LogP contribution in [0.1, 0.15) is 24.2 Å². The van der Waals surface area contributed by atoms with Crippen molar-refractivity contribution in [2.45, 2.75) is 32.5 Å². The standard InChI is InChI=1S/C21H24ClN7O4/c22-16-2-1-15(17(11-16)27-9-10-28-18(13-27)23-14-24-28)12-25-5-7-26(8-6-25)21(32)33-29-19(30)3-4-20(29)31/h1-2,11,14H,3-10,12-13H2. The van der Waals surface area contributed by atoms with Gasteiger partial charge in [-0.2, -0.15) is 5.10 Å². The van der Waals surface area contributed by atoms with Crippen molar-refractivity contribution in [1.82, 2.24) is 29.6 Å². The van der Waals surface area contributed by atoms with Crippen LogP contribution < -0.4 is 4.90 Å². The Labute approximate surface area is 195 Å². The number of aromatic nitrogens is 3. The first-order chi connectivity index (χ1) is 16.0. The summed E-state index contributed by atoms with van der Waals surface area (Å²) in [6, 6.07) is 5.92. The lowest BCUT2D eigenvalue weighted by Gasteiger charge is -2.36. The van der Waals surface area contributed by atoms with Crippen molar-refractivity contribution in [1.29, 1.82) is 0 Å². The second-order valence-corrected chi connectivity index (χ2v) is 8.73. The molecule has 3 amide bonds. The molecule has 0 saturated carbocycles. The second kappa shape index (κ2) is 8.99. The Bertz CT molecular complexity index is 1070. The zero-order chi connectivity index (χ0) is 22.9. The van der Waals surface area contributed by atoms with Crippen molar-refractivity contribution in [3.05, 3.63) is 40.9 Å². The third-order valence-electron chi connectivity index (χ3n) is 6.20. The Morgan fingerprint density at radius 3 is 2.55 bits per heavy atom. The van der Waals surface area contributed by atoms with Gasteiger partial charge in [0, 0.05) is 62.8 Å². The summed E-state index contributed by atoms with van der Waals surface area (Å²) in [5.74, 6) is -0.0225. The maximum atomic E-state index is 12.4. The Morgan fingerprint density at radius 2 is 1.79 bits per heavy atom. The molecule has 4 heterocycles. The molecule has 0 N–H and O–H groups in total. The molecule has 3 aliphatic heterocycles. The number of fused-ring (bicyclic) bond motifs is 1. The summed E-state index contributed by atoms with van der Waals surface area (Å²) in [6.45, 7) is 5.15. The Morgan fingerprint density at radius 1 is 1.03 bits per heavy atom. The highest BCUT2D eigenvalue weighted by Crippen LogP contribution is 2.29. The van der Waals surface area contributed by atoms with E-state index in [9.17, 15) is 14.4 Å². The molecular weight excluding hydrogens is 450 g/mol. The van der Waals surface area contributed by atoms with E-state index < -0.39 is 17.9 Å². The van der Waals surface area contributed by atoms with E-state index in [0.29, 0.717) is 49.4 Å². The lowest BCUT2D eigenvalue weighted by molar-refractivity contribution is -0.174. The van der Waals surface area contributed by atoms with E-state index in [4.69, 9.17) is 16.4 Å². The zero-order valence-electron chi connectivity index (χ0n) is 18.0. The number of piperazine rings is 1. The quantitative estimate of drug-likeness (QED) is 0.611. The molecule has 1 aromatic heterocycles. The number of benzene rings is 1. The lowest BCUT2D eigenvalue weighted by atomic mass is 10.1. The average molecular weight is 474 g/mol. The molecule has 0 unspecified atom stereocenters. The van der Waals surface area contributed by atoms with Gasteiger partial charge < -0.3 is 14.6 Å². The molecule has 174 valence electrons. The molecule has 0 aliphatic carbocycles. The predicted octanol–water partition coefficient (Wildman–Crippen LogP) is 1.27. The van der Waals surface area contributed by atoms with Gasteiger partial charge in [0.1, 0.15) is 12.2 Å². The van der Waals surface area contributed by atoms with Crippen LogP contribution in [0.2, 0.25) is 5.02 Å². The summed E-state index contributed by atoms with van der Waals surface area (Å²) in [6.07, 6.45) is 1.08. The van der Waals surface area contributed by atoms with Crippen LogP contribution in [-0.4, -0.2) is 80.3 Å². The maximum Gasteiger partial charge on any atom is 0.434 e. The van der Waals surface area contributed by atoms with Crippen LogP contribution >= 0.6 is 11.6 Å². The monoisotopic (exact) mass is 473 g/mol. The van der Waals surface area contributed by atoms with E-state index in [1.165, 1.54) is 4.90 Å². The molecule has 5 rings (SSSR count). The van der Waals surface area contributed by atoms with Crippen LogP contribution in [-0.2, 0) is 34.1 Å². The normalized spacial score (nSPS) is 19.2. The van der Waals surface area contributed by atoms with Crippen molar-refractivity contribution >= 4 is 35.2 Å². The third kappa shape index (κ3) is 4.51. The van der Waals surface area contributed by atoms with Gasteiger partial charge in [0.25, 0.3) is 11.8 Å². The molecular formula is C21H24ClN7O4. The number of rotatable bonds is 4. The molecule has 0 bridgehead atoms. The largest absolute Gasteiger partial charge is 0.434 e. The predicted molar refractivity (Wildman–Crippen MR) is 117 cm³/mol. The number of hydrogen-bond acceptors (Lipinski definition) is 8. The van der Waals surface area contributed by atoms with E-state index >= 15 is 0 Å². The summed E-state index contributed by atoms with van der Waals surface area (Å²) in [4.78, 5) is 51.2. The Hall–Kier alpha value is -3.18. The third-order valence-corrected chi connectivity index (χ3v) is 6.43. The van der Waals surface area contributed by atoms with Crippen molar-refractivity contribution < 1.29 is 19.2 Å². The SMILES string of the molecule is O=C(ON1C(=O)CCC1=O)N1CCN(Cc2ccc(Cl)cc2N2CCn3ncnc3C2)CC1. The number of carbonyl (C=O) groups is 3. The molecule has 2 saturated heterocycles. The van der Waals surface area contributed by atoms with Gasteiger partial charge >= 0.3 is 6.09 Å². The van der Waals surface area contributed by atoms with Gasteiger partial charge in [-0.25, -0.2) is 14.5 Å². The Kier molecular flexibility index (Phi) is 5.90. The van der Waals surface area contributed by atoms with E-state index in [0.717, 1.165) is 30.2 Å².